The van der Waals surface area contributed by atoms with Gasteiger partial charge < -0.3 is 4.74 Å². The molecule has 1 aromatic carbocycles. The summed E-state index contributed by atoms with van der Waals surface area (Å²) in [4.78, 5) is 13.6. The summed E-state index contributed by atoms with van der Waals surface area (Å²) < 4.78 is 5.18. The van der Waals surface area contributed by atoms with Gasteiger partial charge in [-0.3, -0.25) is 4.90 Å². The molecule has 1 amide bonds. The van der Waals surface area contributed by atoms with Crippen molar-refractivity contribution in [3.63, 3.8) is 0 Å². The molecule has 1 aromatic rings. The van der Waals surface area contributed by atoms with Gasteiger partial charge in [-0.25, -0.2) is 4.79 Å². The number of anilines is 1. The van der Waals surface area contributed by atoms with Crippen molar-refractivity contribution in [2.24, 2.45) is 0 Å². The van der Waals surface area contributed by atoms with Crippen LogP contribution >= 0.6 is 0 Å². The Morgan fingerprint density at radius 2 is 2.00 bits per heavy atom. The summed E-state index contributed by atoms with van der Waals surface area (Å²) in [5.41, 5.74) is 0.945. The van der Waals surface area contributed by atoms with E-state index in [9.17, 15) is 4.79 Å². The highest BCUT2D eigenvalue weighted by atomic mass is 16.6. The van der Waals surface area contributed by atoms with E-state index < -0.39 is 0 Å². The summed E-state index contributed by atoms with van der Waals surface area (Å²) in [6.45, 7) is 2.73. The molecule has 1 saturated heterocycles. The van der Waals surface area contributed by atoms with Gasteiger partial charge in [-0.05, 0) is 18.6 Å². The lowest BCUT2D eigenvalue weighted by Crippen LogP contribution is -2.33. The van der Waals surface area contributed by atoms with Gasteiger partial charge in [0.25, 0.3) is 0 Å². The minimum atomic E-state index is -0.207. The Hall–Kier alpha value is -1.51. The zero-order valence-corrected chi connectivity index (χ0v) is 11.0. The van der Waals surface area contributed by atoms with E-state index >= 15 is 0 Å². The second-order valence-electron chi connectivity index (χ2n) is 4.79. The number of carbonyl (C=O) groups is 1. The first-order valence-electron chi connectivity index (χ1n) is 6.84. The predicted octanol–water partition coefficient (Wildman–Crippen LogP) is 3.98. The van der Waals surface area contributed by atoms with Gasteiger partial charge in [-0.2, -0.15) is 0 Å². The smallest absolute Gasteiger partial charge is 0.414 e. The van der Waals surface area contributed by atoms with Crippen LogP contribution in [0.25, 0.3) is 0 Å². The lowest BCUT2D eigenvalue weighted by atomic mass is 10.1. The minimum Gasteiger partial charge on any atom is -0.447 e. The highest BCUT2D eigenvalue weighted by Crippen LogP contribution is 2.25. The molecule has 0 radical (unpaired) electrons. The van der Waals surface area contributed by atoms with Crippen molar-refractivity contribution in [1.29, 1.82) is 0 Å². The largest absolute Gasteiger partial charge is 0.447 e. The van der Waals surface area contributed by atoms with Gasteiger partial charge in [0, 0.05) is 5.69 Å². The second-order valence-corrected chi connectivity index (χ2v) is 4.79. The third-order valence-corrected chi connectivity index (χ3v) is 3.39. The van der Waals surface area contributed by atoms with Crippen LogP contribution in [0.3, 0.4) is 0 Å². The average molecular weight is 247 g/mol. The van der Waals surface area contributed by atoms with Gasteiger partial charge in [0.15, 0.2) is 0 Å². The molecule has 1 heterocycles. The van der Waals surface area contributed by atoms with Crippen LogP contribution in [0.1, 0.15) is 39.0 Å². The Kier molecular flexibility index (Phi) is 4.62. The quantitative estimate of drug-likeness (QED) is 0.711. The van der Waals surface area contributed by atoms with Gasteiger partial charge in [-0.1, -0.05) is 50.8 Å². The van der Waals surface area contributed by atoms with Crippen LogP contribution in [-0.2, 0) is 4.74 Å². The Labute approximate surface area is 109 Å². The summed E-state index contributed by atoms with van der Waals surface area (Å²) >= 11 is 0. The molecule has 98 valence electrons. The van der Waals surface area contributed by atoms with E-state index in [1.54, 1.807) is 4.90 Å². The van der Waals surface area contributed by atoms with E-state index in [0.29, 0.717) is 6.61 Å². The van der Waals surface area contributed by atoms with E-state index in [-0.39, 0.29) is 12.1 Å². The maximum Gasteiger partial charge on any atom is 0.414 e. The van der Waals surface area contributed by atoms with E-state index in [0.717, 1.165) is 12.1 Å². The molecule has 3 heteroatoms. The molecule has 0 aromatic heterocycles. The number of para-hydroxylation sites is 1. The first-order chi connectivity index (χ1) is 8.83. The summed E-state index contributed by atoms with van der Waals surface area (Å²) in [5.74, 6) is 0. The molecule has 1 atom stereocenters. The minimum absolute atomic E-state index is 0.205. The number of nitrogens with zero attached hydrogens (tertiary/aromatic N) is 1. The van der Waals surface area contributed by atoms with Crippen LogP contribution in [0, 0.1) is 0 Å². The summed E-state index contributed by atoms with van der Waals surface area (Å²) in [6, 6.07) is 10.00. The Morgan fingerprint density at radius 1 is 1.22 bits per heavy atom. The number of ether oxygens (including phenoxy) is 1. The molecule has 1 fully saturated rings. The highest BCUT2D eigenvalue weighted by Gasteiger charge is 2.33. The first-order valence-corrected chi connectivity index (χ1v) is 6.84. The SMILES string of the molecule is CCCCCCC1COC(=O)N1c1ccccc1. The van der Waals surface area contributed by atoms with Gasteiger partial charge in [0.05, 0.1) is 6.04 Å². The van der Waals surface area contributed by atoms with E-state index in [2.05, 4.69) is 6.92 Å². The van der Waals surface area contributed by atoms with Crippen LogP contribution in [0.2, 0.25) is 0 Å². The first kappa shape index (κ1) is 12.9. The number of amides is 1. The number of rotatable bonds is 6. The van der Waals surface area contributed by atoms with E-state index in [4.69, 9.17) is 4.74 Å². The van der Waals surface area contributed by atoms with Gasteiger partial charge in [-0.15, -0.1) is 0 Å². The number of hydrogen-bond acceptors (Lipinski definition) is 2. The van der Waals surface area contributed by atoms with Crippen molar-refractivity contribution in [3.8, 4) is 0 Å². The molecule has 18 heavy (non-hydrogen) atoms. The van der Waals surface area contributed by atoms with Gasteiger partial charge >= 0.3 is 6.09 Å². The molecule has 0 aliphatic carbocycles. The molecule has 0 N–H and O–H groups in total. The van der Waals surface area contributed by atoms with Crippen LogP contribution < -0.4 is 4.90 Å². The summed E-state index contributed by atoms with van der Waals surface area (Å²) in [6.07, 6.45) is 5.74. The van der Waals surface area contributed by atoms with Crippen LogP contribution in [0.4, 0.5) is 10.5 Å². The van der Waals surface area contributed by atoms with Gasteiger partial charge in [0.1, 0.15) is 6.61 Å². The van der Waals surface area contributed by atoms with Crippen molar-refractivity contribution in [3.05, 3.63) is 30.3 Å². The molecule has 1 aliphatic heterocycles. The van der Waals surface area contributed by atoms with E-state index in [1.165, 1.54) is 25.7 Å². The van der Waals surface area contributed by atoms with Crippen molar-refractivity contribution in [2.75, 3.05) is 11.5 Å². The van der Waals surface area contributed by atoms with Crippen LogP contribution in [-0.4, -0.2) is 18.7 Å². The number of hydrogen-bond donors (Lipinski definition) is 0. The molecular weight excluding hydrogens is 226 g/mol. The average Bonchev–Trinajstić information content (AvgIpc) is 2.77. The molecule has 1 unspecified atom stereocenters. The maximum absolute atomic E-state index is 11.8. The Morgan fingerprint density at radius 3 is 2.72 bits per heavy atom. The van der Waals surface area contributed by atoms with E-state index in [1.807, 2.05) is 30.3 Å². The monoisotopic (exact) mass is 247 g/mol. The summed E-state index contributed by atoms with van der Waals surface area (Å²) in [5, 5.41) is 0. The lowest BCUT2D eigenvalue weighted by Gasteiger charge is -2.21. The molecule has 3 nitrogen and oxygen atoms in total. The van der Waals surface area contributed by atoms with Crippen LogP contribution in [0.15, 0.2) is 30.3 Å². The predicted molar refractivity (Wildman–Crippen MR) is 72.8 cm³/mol. The number of carbonyl (C=O) groups excluding carboxylic acids is 1. The molecule has 1 aliphatic rings. The van der Waals surface area contributed by atoms with Crippen molar-refractivity contribution < 1.29 is 9.53 Å². The molecular formula is C15H21NO2. The third kappa shape index (κ3) is 3.03. The molecule has 2 rings (SSSR count). The van der Waals surface area contributed by atoms with Crippen molar-refractivity contribution >= 4 is 11.8 Å². The lowest BCUT2D eigenvalue weighted by molar-refractivity contribution is 0.178. The number of unbranched alkanes of at least 4 members (excludes halogenated alkanes) is 3. The molecule has 0 bridgehead atoms. The second kappa shape index (κ2) is 6.43. The topological polar surface area (TPSA) is 29.5 Å². The summed E-state index contributed by atoms with van der Waals surface area (Å²) in [7, 11) is 0. The standard InChI is InChI=1S/C15H21NO2/c1-2-3-4-6-11-14-12-18-15(17)16(14)13-9-7-5-8-10-13/h5,7-10,14H,2-4,6,11-12H2,1H3. The van der Waals surface area contributed by atoms with Crippen molar-refractivity contribution in [1.82, 2.24) is 0 Å². The molecule has 0 saturated carbocycles. The van der Waals surface area contributed by atoms with Crippen LogP contribution in [0.5, 0.6) is 0 Å². The number of benzene rings is 1. The highest BCUT2D eigenvalue weighted by molar-refractivity contribution is 5.90. The zero-order valence-electron chi connectivity index (χ0n) is 11.0. The fourth-order valence-corrected chi connectivity index (χ4v) is 2.38. The zero-order chi connectivity index (χ0) is 12.8. The fraction of sp³-hybridized carbons (Fsp3) is 0.533. The van der Waals surface area contributed by atoms with Crippen molar-refractivity contribution in [2.45, 2.75) is 45.1 Å². The third-order valence-electron chi connectivity index (χ3n) is 3.39. The normalized spacial score (nSPS) is 19.1. The maximum atomic E-state index is 11.8. The van der Waals surface area contributed by atoms with Gasteiger partial charge in [0.2, 0.25) is 0 Å². The number of cyclic esters (lactones) is 1. The molecule has 0 spiro atoms. The Balaban J connectivity index is 1.95. The fourth-order valence-electron chi connectivity index (χ4n) is 2.38. The Bertz CT molecular complexity index is 377.